The fourth-order valence-electron chi connectivity index (χ4n) is 3.16. The Labute approximate surface area is 157 Å². The molecule has 1 aromatic carbocycles. The summed E-state index contributed by atoms with van der Waals surface area (Å²) in [5.74, 6) is 1.18. The second-order valence-electron chi connectivity index (χ2n) is 8.62. The number of esters is 1. The molecule has 5 nitrogen and oxygen atoms in total. The molecule has 1 N–H and O–H groups in total. The lowest BCUT2D eigenvalue weighted by Gasteiger charge is -2.40. The van der Waals surface area contributed by atoms with Gasteiger partial charge < -0.3 is 19.1 Å². The molecule has 0 unspecified atom stereocenters. The molecule has 0 saturated carbocycles. The zero-order valence-electron chi connectivity index (χ0n) is 17.0. The van der Waals surface area contributed by atoms with Gasteiger partial charge in [0.2, 0.25) is 0 Å². The Morgan fingerprint density at radius 3 is 2.50 bits per heavy atom. The van der Waals surface area contributed by atoms with Crippen LogP contribution in [0, 0.1) is 11.8 Å². The van der Waals surface area contributed by atoms with Crippen molar-refractivity contribution >= 4 is 5.97 Å². The number of carbonyl (C=O) groups excluding carboxylic acids is 1. The van der Waals surface area contributed by atoms with Crippen LogP contribution in [0.5, 0.6) is 5.75 Å². The molecule has 2 atom stereocenters. The highest BCUT2D eigenvalue weighted by Gasteiger charge is 2.39. The molecule has 1 heterocycles. The molecule has 2 rings (SSSR count). The minimum absolute atomic E-state index is 0.127. The van der Waals surface area contributed by atoms with Gasteiger partial charge in [0.25, 0.3) is 0 Å². The van der Waals surface area contributed by atoms with Crippen LogP contribution < -0.4 is 9.64 Å². The van der Waals surface area contributed by atoms with Crippen molar-refractivity contribution in [2.24, 2.45) is 11.8 Å². The predicted octanol–water partition coefficient (Wildman–Crippen LogP) is 2.21. The molecule has 1 aliphatic heterocycles. The van der Waals surface area contributed by atoms with Crippen LogP contribution in [-0.4, -0.2) is 51.5 Å². The van der Waals surface area contributed by atoms with Gasteiger partial charge in [0, 0.05) is 6.42 Å². The lowest BCUT2D eigenvalue weighted by Crippen LogP contribution is -3.07. The fraction of sp³-hybridized carbons (Fsp3) is 0.667. The van der Waals surface area contributed by atoms with Gasteiger partial charge in [0.1, 0.15) is 11.9 Å². The van der Waals surface area contributed by atoms with E-state index in [1.54, 1.807) is 12.1 Å². The minimum Gasteiger partial charge on any atom is -0.493 e. The minimum atomic E-state index is -0.276. The lowest BCUT2D eigenvalue weighted by atomic mass is 9.88. The third-order valence-corrected chi connectivity index (χ3v) is 4.51. The summed E-state index contributed by atoms with van der Waals surface area (Å²) < 4.78 is 17.5. The number of rotatable bonds is 7. The van der Waals surface area contributed by atoms with Gasteiger partial charge in [-0.05, 0) is 44.0 Å². The predicted molar refractivity (Wildman–Crippen MR) is 102 cm³/mol. The number of carbonyl (C=O) groups is 1. The van der Waals surface area contributed by atoms with Crippen molar-refractivity contribution < 1.29 is 23.9 Å². The largest absolute Gasteiger partial charge is 0.493 e. The number of hydrogen-bond donors (Lipinski definition) is 1. The standard InChI is InChI=1S/C21H33NO4/c1-15(2)13-24-18-9-7-16(8-10-18)20(23)26-19-11-21(3,4)25-14-17(19)12-22(5)6/h7-10,15,17,19H,11-14H2,1-6H3/p+1/t17-,19-/m1/s1. The van der Waals surface area contributed by atoms with Crippen LogP contribution in [0.3, 0.4) is 0 Å². The average molecular weight is 365 g/mol. The summed E-state index contributed by atoms with van der Waals surface area (Å²) in [6.07, 6.45) is 0.588. The van der Waals surface area contributed by atoms with E-state index in [4.69, 9.17) is 14.2 Å². The van der Waals surface area contributed by atoms with Crippen LogP contribution in [0.2, 0.25) is 0 Å². The second-order valence-corrected chi connectivity index (χ2v) is 8.62. The van der Waals surface area contributed by atoms with E-state index in [0.717, 1.165) is 12.3 Å². The Morgan fingerprint density at radius 2 is 1.92 bits per heavy atom. The molecule has 0 radical (unpaired) electrons. The highest BCUT2D eigenvalue weighted by Crippen LogP contribution is 2.30. The number of quaternary nitrogens is 1. The number of nitrogens with one attached hydrogen (secondary N) is 1. The molecule has 1 aliphatic rings. The molecule has 1 fully saturated rings. The molecule has 0 aliphatic carbocycles. The summed E-state index contributed by atoms with van der Waals surface area (Å²) in [5, 5.41) is 0. The van der Waals surface area contributed by atoms with Crippen molar-refractivity contribution in [2.75, 3.05) is 33.9 Å². The summed E-state index contributed by atoms with van der Waals surface area (Å²) in [5.41, 5.74) is 0.291. The van der Waals surface area contributed by atoms with Gasteiger partial charge >= 0.3 is 5.97 Å². The van der Waals surface area contributed by atoms with E-state index in [1.807, 2.05) is 26.0 Å². The van der Waals surface area contributed by atoms with Gasteiger partial charge in [0.05, 0.1) is 50.9 Å². The molecule has 0 aromatic heterocycles. The first kappa shape index (κ1) is 20.7. The monoisotopic (exact) mass is 364 g/mol. The lowest BCUT2D eigenvalue weighted by molar-refractivity contribution is -0.863. The second kappa shape index (κ2) is 8.87. The molecule has 5 heteroatoms. The van der Waals surface area contributed by atoms with Crippen molar-refractivity contribution in [2.45, 2.75) is 45.8 Å². The summed E-state index contributed by atoms with van der Waals surface area (Å²) in [4.78, 5) is 13.9. The summed E-state index contributed by atoms with van der Waals surface area (Å²) >= 11 is 0. The van der Waals surface area contributed by atoms with Crippen molar-refractivity contribution in [1.82, 2.24) is 0 Å². The maximum atomic E-state index is 12.6. The topological polar surface area (TPSA) is 49.2 Å². The maximum absolute atomic E-state index is 12.6. The van der Waals surface area contributed by atoms with E-state index < -0.39 is 0 Å². The zero-order valence-corrected chi connectivity index (χ0v) is 17.0. The third kappa shape index (κ3) is 6.29. The van der Waals surface area contributed by atoms with Crippen LogP contribution in [0.1, 0.15) is 44.5 Å². The highest BCUT2D eigenvalue weighted by atomic mass is 16.6. The number of ether oxygens (including phenoxy) is 3. The molecule has 0 spiro atoms. The van der Waals surface area contributed by atoms with E-state index in [2.05, 4.69) is 27.9 Å². The van der Waals surface area contributed by atoms with Crippen LogP contribution in [0.15, 0.2) is 24.3 Å². The van der Waals surface area contributed by atoms with Crippen LogP contribution in [0.25, 0.3) is 0 Å². The number of hydrogen-bond acceptors (Lipinski definition) is 4. The first-order valence-corrected chi connectivity index (χ1v) is 9.53. The van der Waals surface area contributed by atoms with Gasteiger partial charge in [-0.3, -0.25) is 0 Å². The molecular formula is C21H34NO4+. The smallest absolute Gasteiger partial charge is 0.338 e. The van der Waals surface area contributed by atoms with Gasteiger partial charge in [-0.2, -0.15) is 0 Å². The van der Waals surface area contributed by atoms with Crippen molar-refractivity contribution in [3.8, 4) is 5.75 Å². The van der Waals surface area contributed by atoms with Gasteiger partial charge in [-0.1, -0.05) is 13.8 Å². The maximum Gasteiger partial charge on any atom is 0.338 e. The Morgan fingerprint density at radius 1 is 1.27 bits per heavy atom. The highest BCUT2D eigenvalue weighted by molar-refractivity contribution is 5.89. The quantitative estimate of drug-likeness (QED) is 0.754. The Balaban J connectivity index is 2.01. The number of benzene rings is 1. The molecule has 26 heavy (non-hydrogen) atoms. The summed E-state index contributed by atoms with van der Waals surface area (Å²) in [6, 6.07) is 7.20. The Kier molecular flexibility index (Phi) is 7.07. The first-order chi connectivity index (χ1) is 12.2. The molecule has 146 valence electrons. The third-order valence-electron chi connectivity index (χ3n) is 4.51. The van der Waals surface area contributed by atoms with Crippen molar-refractivity contribution in [3.63, 3.8) is 0 Å². The molecule has 1 saturated heterocycles. The molecule has 0 bridgehead atoms. The average Bonchev–Trinajstić information content (AvgIpc) is 2.55. The van der Waals surface area contributed by atoms with E-state index in [-0.39, 0.29) is 23.6 Å². The van der Waals surface area contributed by atoms with E-state index in [1.165, 1.54) is 4.90 Å². The fourth-order valence-corrected chi connectivity index (χ4v) is 3.16. The molecular weight excluding hydrogens is 330 g/mol. The summed E-state index contributed by atoms with van der Waals surface area (Å²) in [7, 11) is 4.21. The SMILES string of the molecule is CC(C)COc1ccc(C(=O)O[C@@H]2CC(C)(C)OC[C@H]2C[NH+](C)C)cc1. The van der Waals surface area contributed by atoms with Gasteiger partial charge in [0.15, 0.2) is 0 Å². The van der Waals surface area contributed by atoms with Crippen LogP contribution >= 0.6 is 0 Å². The zero-order chi connectivity index (χ0) is 19.3. The summed E-state index contributed by atoms with van der Waals surface area (Å²) in [6.45, 7) is 10.5. The van der Waals surface area contributed by atoms with Gasteiger partial charge in [-0.25, -0.2) is 4.79 Å². The van der Waals surface area contributed by atoms with E-state index in [0.29, 0.717) is 31.1 Å². The Bertz CT molecular complexity index is 580. The van der Waals surface area contributed by atoms with Gasteiger partial charge in [-0.15, -0.1) is 0 Å². The normalized spacial score (nSPS) is 22.5. The Hall–Kier alpha value is -1.59. The van der Waals surface area contributed by atoms with E-state index >= 15 is 0 Å². The van der Waals surface area contributed by atoms with Crippen LogP contribution in [-0.2, 0) is 9.47 Å². The molecule has 1 aromatic rings. The first-order valence-electron chi connectivity index (χ1n) is 9.53. The van der Waals surface area contributed by atoms with Crippen molar-refractivity contribution in [1.29, 1.82) is 0 Å². The van der Waals surface area contributed by atoms with Crippen molar-refractivity contribution in [3.05, 3.63) is 29.8 Å². The van der Waals surface area contributed by atoms with E-state index in [9.17, 15) is 4.79 Å². The van der Waals surface area contributed by atoms with Crippen LogP contribution in [0.4, 0.5) is 0 Å². The molecule has 0 amide bonds.